The Morgan fingerprint density at radius 1 is 1.06 bits per heavy atom. The molecule has 0 aliphatic carbocycles. The van der Waals surface area contributed by atoms with Crippen molar-refractivity contribution in [3.05, 3.63) is 50.8 Å². The Morgan fingerprint density at radius 3 is 2.32 bits per heavy atom. The van der Waals surface area contributed by atoms with Gasteiger partial charge in [0.2, 0.25) is 0 Å². The van der Waals surface area contributed by atoms with E-state index in [4.69, 9.17) is 9.47 Å². The maximum Gasteiger partial charge on any atom is 0.337 e. The van der Waals surface area contributed by atoms with Crippen molar-refractivity contribution in [3.63, 3.8) is 0 Å². The summed E-state index contributed by atoms with van der Waals surface area (Å²) in [5.41, 5.74) is 7.70. The Kier molecular flexibility index (Phi) is 6.76. The summed E-state index contributed by atoms with van der Waals surface area (Å²) in [6, 6.07) is 1.53. The molecule has 0 radical (unpaired) electrons. The Morgan fingerprint density at radius 2 is 1.71 bits per heavy atom. The van der Waals surface area contributed by atoms with Crippen molar-refractivity contribution in [3.8, 4) is 16.9 Å². The average molecular weight is 470 g/mol. The van der Waals surface area contributed by atoms with Crippen LogP contribution >= 0.6 is 0 Å². The van der Waals surface area contributed by atoms with Gasteiger partial charge in [0.1, 0.15) is 0 Å². The number of carboxylic acids is 1. The number of ether oxygens (including phenoxy) is 2. The lowest BCUT2D eigenvalue weighted by molar-refractivity contribution is -0.160. The third-order valence-corrected chi connectivity index (χ3v) is 7.08. The SMILES string of the molecule is Cc1c(-c2c(C)c3c(c(C)c2C(OC(C)(C)C)C(=O)O)CCNCC3)cc(F)c2c1CCCO2. The fraction of sp³-hybridized carbons (Fsp3) is 0.536. The maximum atomic E-state index is 15.3. The standard InChI is InChI=1S/C28H36FNO4/c1-15-20-8-7-13-33-25(20)22(29)14-21(15)23-16(2)18-9-11-30-12-10-19(18)17(3)24(23)26(27(31)32)34-28(4,5)6/h14,26,30H,7-13H2,1-6H3,(H,31,32). The van der Waals surface area contributed by atoms with E-state index < -0.39 is 23.5 Å². The number of carbonyl (C=O) groups is 1. The highest BCUT2D eigenvalue weighted by atomic mass is 19.1. The van der Waals surface area contributed by atoms with E-state index in [0.717, 1.165) is 72.2 Å². The van der Waals surface area contributed by atoms with Gasteiger partial charge in [0, 0.05) is 11.1 Å². The van der Waals surface area contributed by atoms with Crippen LogP contribution in [0.15, 0.2) is 6.07 Å². The van der Waals surface area contributed by atoms with Gasteiger partial charge < -0.3 is 19.9 Å². The smallest absolute Gasteiger partial charge is 0.337 e. The number of aliphatic carboxylic acids is 1. The van der Waals surface area contributed by atoms with Crippen LogP contribution in [0, 0.1) is 26.6 Å². The molecule has 2 aromatic carbocycles. The van der Waals surface area contributed by atoms with Gasteiger partial charge in [-0.25, -0.2) is 9.18 Å². The topological polar surface area (TPSA) is 67.8 Å². The van der Waals surface area contributed by atoms with Crippen LogP contribution in [0.4, 0.5) is 4.39 Å². The van der Waals surface area contributed by atoms with E-state index in [1.54, 1.807) is 0 Å². The fourth-order valence-electron chi connectivity index (χ4n) is 5.56. The molecule has 0 aromatic heterocycles. The first-order valence-corrected chi connectivity index (χ1v) is 12.2. The highest BCUT2D eigenvalue weighted by molar-refractivity contribution is 5.85. The van der Waals surface area contributed by atoms with Crippen molar-refractivity contribution in [2.45, 2.75) is 78.9 Å². The number of carboxylic acid groups (broad SMARTS) is 1. The van der Waals surface area contributed by atoms with E-state index in [1.165, 1.54) is 17.2 Å². The van der Waals surface area contributed by atoms with Gasteiger partial charge >= 0.3 is 5.97 Å². The van der Waals surface area contributed by atoms with Crippen LogP contribution in [-0.4, -0.2) is 36.4 Å². The summed E-state index contributed by atoms with van der Waals surface area (Å²) in [6.45, 7) is 13.8. The van der Waals surface area contributed by atoms with Crippen LogP contribution in [0.25, 0.3) is 11.1 Å². The van der Waals surface area contributed by atoms with Gasteiger partial charge in [-0.15, -0.1) is 0 Å². The zero-order valence-corrected chi connectivity index (χ0v) is 21.2. The molecule has 2 aliphatic heterocycles. The second kappa shape index (κ2) is 9.31. The second-order valence-corrected chi connectivity index (χ2v) is 10.5. The predicted molar refractivity (Wildman–Crippen MR) is 131 cm³/mol. The molecule has 184 valence electrons. The molecule has 0 bridgehead atoms. The molecule has 1 unspecified atom stereocenters. The summed E-state index contributed by atoms with van der Waals surface area (Å²) in [5.74, 6) is -1.09. The molecule has 0 spiro atoms. The summed E-state index contributed by atoms with van der Waals surface area (Å²) in [5, 5.41) is 13.8. The summed E-state index contributed by atoms with van der Waals surface area (Å²) >= 11 is 0. The summed E-state index contributed by atoms with van der Waals surface area (Å²) < 4.78 is 27.1. The number of halogens is 1. The van der Waals surface area contributed by atoms with Crippen molar-refractivity contribution in [1.29, 1.82) is 0 Å². The van der Waals surface area contributed by atoms with Crippen molar-refractivity contribution < 1.29 is 23.8 Å². The van der Waals surface area contributed by atoms with Gasteiger partial charge in [-0.3, -0.25) is 0 Å². The number of nitrogens with one attached hydrogen (secondary N) is 1. The molecule has 2 aliphatic rings. The number of rotatable bonds is 4. The van der Waals surface area contributed by atoms with Gasteiger partial charge in [-0.2, -0.15) is 0 Å². The lowest BCUT2D eigenvalue weighted by atomic mass is 9.79. The minimum atomic E-state index is -1.16. The molecule has 6 heteroatoms. The Hall–Kier alpha value is -2.44. The molecule has 0 saturated heterocycles. The van der Waals surface area contributed by atoms with Crippen molar-refractivity contribution in [2.75, 3.05) is 19.7 Å². The van der Waals surface area contributed by atoms with Gasteiger partial charge in [0.05, 0.1) is 12.2 Å². The Bertz CT molecular complexity index is 1130. The van der Waals surface area contributed by atoms with Crippen LogP contribution < -0.4 is 10.1 Å². The third kappa shape index (κ3) is 4.46. The summed E-state index contributed by atoms with van der Waals surface area (Å²) in [4.78, 5) is 12.6. The van der Waals surface area contributed by atoms with E-state index in [9.17, 15) is 9.90 Å². The van der Waals surface area contributed by atoms with E-state index in [2.05, 4.69) is 5.32 Å². The molecule has 0 amide bonds. The van der Waals surface area contributed by atoms with Crippen LogP contribution in [0.2, 0.25) is 0 Å². The molecule has 5 nitrogen and oxygen atoms in total. The molecule has 2 N–H and O–H groups in total. The fourth-order valence-corrected chi connectivity index (χ4v) is 5.56. The Balaban J connectivity index is 2.08. The highest BCUT2D eigenvalue weighted by Gasteiger charge is 2.35. The van der Waals surface area contributed by atoms with Crippen molar-refractivity contribution in [2.24, 2.45) is 0 Å². The molecular weight excluding hydrogens is 433 g/mol. The van der Waals surface area contributed by atoms with E-state index in [1.807, 2.05) is 41.5 Å². The first-order valence-electron chi connectivity index (χ1n) is 12.2. The van der Waals surface area contributed by atoms with Crippen LogP contribution in [0.3, 0.4) is 0 Å². The monoisotopic (exact) mass is 469 g/mol. The van der Waals surface area contributed by atoms with Crippen molar-refractivity contribution in [1.82, 2.24) is 5.32 Å². The molecule has 2 aromatic rings. The number of hydrogen-bond donors (Lipinski definition) is 2. The number of benzene rings is 2. The Labute approximate surface area is 201 Å². The molecule has 34 heavy (non-hydrogen) atoms. The number of hydrogen-bond acceptors (Lipinski definition) is 4. The van der Waals surface area contributed by atoms with E-state index >= 15 is 4.39 Å². The van der Waals surface area contributed by atoms with Gasteiger partial charge in [0.15, 0.2) is 17.7 Å². The molecule has 0 saturated carbocycles. The lowest BCUT2D eigenvalue weighted by Gasteiger charge is -2.31. The summed E-state index contributed by atoms with van der Waals surface area (Å²) in [6.07, 6.45) is 2.09. The molecule has 0 fully saturated rings. The lowest BCUT2D eigenvalue weighted by Crippen LogP contribution is -2.29. The minimum absolute atomic E-state index is 0.336. The maximum absolute atomic E-state index is 15.3. The number of fused-ring (bicyclic) bond motifs is 2. The quantitative estimate of drug-likeness (QED) is 0.630. The van der Waals surface area contributed by atoms with Crippen LogP contribution in [0.1, 0.15) is 72.2 Å². The van der Waals surface area contributed by atoms with Crippen molar-refractivity contribution >= 4 is 5.97 Å². The molecule has 1 atom stereocenters. The first kappa shape index (κ1) is 24.7. The first-order chi connectivity index (χ1) is 16.0. The zero-order chi connectivity index (χ0) is 24.8. The van der Waals surface area contributed by atoms with Crippen LogP contribution in [-0.2, 0) is 28.8 Å². The molecule has 4 rings (SSSR count). The van der Waals surface area contributed by atoms with E-state index in [-0.39, 0.29) is 0 Å². The van der Waals surface area contributed by atoms with E-state index in [0.29, 0.717) is 17.9 Å². The average Bonchev–Trinajstić information content (AvgIpc) is 3.03. The van der Waals surface area contributed by atoms with Gasteiger partial charge in [-0.05, 0) is 125 Å². The normalized spacial score (nSPS) is 16.8. The third-order valence-electron chi connectivity index (χ3n) is 7.08. The minimum Gasteiger partial charge on any atom is -0.490 e. The van der Waals surface area contributed by atoms with Crippen LogP contribution in [0.5, 0.6) is 5.75 Å². The largest absolute Gasteiger partial charge is 0.490 e. The highest BCUT2D eigenvalue weighted by Crippen LogP contribution is 2.45. The molecular formula is C28H36FNO4. The zero-order valence-electron chi connectivity index (χ0n) is 21.2. The van der Waals surface area contributed by atoms with Gasteiger partial charge in [-0.1, -0.05) is 0 Å². The second-order valence-electron chi connectivity index (χ2n) is 10.5. The van der Waals surface area contributed by atoms with Gasteiger partial charge in [0.25, 0.3) is 0 Å². The molecule has 2 heterocycles. The predicted octanol–water partition coefficient (Wildman–Crippen LogP) is 5.37. The summed E-state index contributed by atoms with van der Waals surface area (Å²) in [7, 11) is 0.